The SMILES string of the molecule is CCOc1ccccc1C1CC(=S)Cc2cc3c(cc21)OCO3.CCOc1ccccc1C1NC(=O)Cc2cc3c(cc21)OCO3.CN(C)c1ccc(C2CC(=O)Cc3cc4c(cc32)OCO4)c(OC2CC2)c1.CN(C)c1ccc(C2CC(=O)Cc3cc4c(cc32)OCO4)c(OC2CCCC2)c1.O=C1Cc2cc3c(cc2C(c2ccccc2OC2CCCC2)C1)OCO3. The number of hydrogen-bond donors (Lipinski definition) is 1. The number of fused-ring (bicyclic) bond motifs is 10. The van der Waals surface area contributed by atoms with Gasteiger partial charge in [0, 0.05) is 148 Å². The van der Waals surface area contributed by atoms with Crippen molar-refractivity contribution in [1.82, 2.24) is 5.32 Å². The van der Waals surface area contributed by atoms with Gasteiger partial charge in [-0.1, -0.05) is 78.9 Å². The molecule has 10 aromatic rings. The van der Waals surface area contributed by atoms with Gasteiger partial charge in [-0.15, -0.1) is 0 Å². The number of carbonyl (C=O) groups excluding carboxylic acids is 4. The van der Waals surface area contributed by atoms with Crippen molar-refractivity contribution in [1.29, 1.82) is 0 Å². The van der Waals surface area contributed by atoms with E-state index in [4.69, 9.17) is 83.3 Å². The zero-order chi connectivity index (χ0) is 87.6. The normalized spacial score (nSPS) is 20.0. The summed E-state index contributed by atoms with van der Waals surface area (Å²) < 4.78 is 85.9. The van der Waals surface area contributed by atoms with Gasteiger partial charge in [0.1, 0.15) is 46.1 Å². The van der Waals surface area contributed by atoms with Gasteiger partial charge in [0.25, 0.3) is 0 Å². The lowest BCUT2D eigenvalue weighted by Gasteiger charge is -2.29. The predicted octanol–water partition coefficient (Wildman–Crippen LogP) is 19.3. The molecule has 3 fully saturated rings. The number of para-hydroxylation sites is 3. The zero-order valence-electron chi connectivity index (χ0n) is 73.2. The molecule has 0 saturated heterocycles. The van der Waals surface area contributed by atoms with Crippen LogP contribution in [0.2, 0.25) is 0 Å². The minimum absolute atomic E-state index is 0.00679. The van der Waals surface area contributed by atoms with Gasteiger partial charge in [0.05, 0.1) is 44.0 Å². The Bertz CT molecular complexity index is 5780. The summed E-state index contributed by atoms with van der Waals surface area (Å²) in [6.45, 7) is 6.43. The molecule has 1 amide bonds. The Balaban J connectivity index is 0.000000104. The van der Waals surface area contributed by atoms with Crippen molar-refractivity contribution >= 4 is 51.7 Å². The second-order valence-corrected chi connectivity index (χ2v) is 35.7. The molecule has 5 unspecified atom stereocenters. The largest absolute Gasteiger partial charge is 0.494 e. The number of ketones is 3. The molecule has 22 nitrogen and oxygen atoms in total. The first-order chi connectivity index (χ1) is 62.5. The molecule has 6 heterocycles. The van der Waals surface area contributed by atoms with Crippen LogP contribution in [-0.4, -0.2) is 122 Å². The summed E-state index contributed by atoms with van der Waals surface area (Å²) >= 11 is 5.58. The number of carbonyl (C=O) groups is 4. The van der Waals surface area contributed by atoms with Crippen LogP contribution < -0.4 is 86.2 Å². The number of rotatable bonds is 17. The van der Waals surface area contributed by atoms with Crippen LogP contribution in [-0.2, 0) is 51.3 Å². The Labute approximate surface area is 751 Å². The van der Waals surface area contributed by atoms with E-state index < -0.39 is 0 Å². The van der Waals surface area contributed by atoms with Gasteiger partial charge < -0.3 is 86.2 Å². The van der Waals surface area contributed by atoms with Gasteiger partial charge in [-0.3, -0.25) is 19.2 Å². The predicted molar refractivity (Wildman–Crippen MR) is 487 cm³/mol. The Morgan fingerprint density at radius 2 is 0.625 bits per heavy atom. The van der Waals surface area contributed by atoms with Crippen molar-refractivity contribution in [2.75, 3.05) is 85.2 Å². The van der Waals surface area contributed by atoms with Crippen LogP contribution in [0.4, 0.5) is 11.4 Å². The highest BCUT2D eigenvalue weighted by Gasteiger charge is 2.39. The number of nitrogens with zero attached hydrogens (tertiary/aromatic N) is 2. The zero-order valence-corrected chi connectivity index (χ0v) is 74.0. The molecule has 0 radical (unpaired) electrons. The van der Waals surface area contributed by atoms with Crippen LogP contribution >= 0.6 is 12.2 Å². The van der Waals surface area contributed by atoms with Crippen molar-refractivity contribution in [3.8, 4) is 86.2 Å². The van der Waals surface area contributed by atoms with Crippen molar-refractivity contribution < 1.29 is 90.2 Å². The third-order valence-corrected chi connectivity index (χ3v) is 26.4. The fourth-order valence-corrected chi connectivity index (χ4v) is 20.0. The smallest absolute Gasteiger partial charge is 0.231 e. The number of anilines is 2. The summed E-state index contributed by atoms with van der Waals surface area (Å²) in [5.41, 5.74) is 18.7. The highest BCUT2D eigenvalue weighted by molar-refractivity contribution is 7.80. The first kappa shape index (κ1) is 84.8. The Morgan fingerprint density at radius 1 is 0.320 bits per heavy atom. The monoisotopic (exact) mass is 1750 g/mol. The van der Waals surface area contributed by atoms with E-state index in [0.29, 0.717) is 82.9 Å². The summed E-state index contributed by atoms with van der Waals surface area (Å²) in [6, 6.07) is 56.8. The second kappa shape index (κ2) is 37.4. The van der Waals surface area contributed by atoms with E-state index in [9.17, 15) is 19.2 Å². The number of thiocarbonyl (C=S) groups is 1. The van der Waals surface area contributed by atoms with E-state index in [0.717, 1.165) is 215 Å². The van der Waals surface area contributed by atoms with Crippen molar-refractivity contribution in [2.45, 2.75) is 184 Å². The van der Waals surface area contributed by atoms with E-state index in [1.54, 1.807) is 0 Å². The summed E-state index contributed by atoms with van der Waals surface area (Å²) in [4.78, 5) is 55.0. The maximum Gasteiger partial charge on any atom is 0.231 e. The lowest BCUT2D eigenvalue weighted by Crippen LogP contribution is -2.36. The van der Waals surface area contributed by atoms with E-state index in [1.165, 1.54) is 42.4 Å². The first-order valence-corrected chi connectivity index (χ1v) is 45.5. The van der Waals surface area contributed by atoms with Gasteiger partial charge in [0.15, 0.2) is 57.5 Å². The Hall–Kier alpha value is -12.6. The third-order valence-electron chi connectivity index (χ3n) is 26.1. The van der Waals surface area contributed by atoms with Crippen molar-refractivity contribution in [2.24, 2.45) is 0 Å². The molecule has 7 aliphatic carbocycles. The van der Waals surface area contributed by atoms with Crippen molar-refractivity contribution in [3.63, 3.8) is 0 Å². The lowest BCUT2D eigenvalue weighted by atomic mass is 9.77. The molecule has 3 saturated carbocycles. The number of nitrogens with one attached hydrogen (secondary N) is 1. The van der Waals surface area contributed by atoms with Crippen molar-refractivity contribution in [3.05, 3.63) is 253 Å². The highest BCUT2D eigenvalue weighted by atomic mass is 32.1. The third kappa shape index (κ3) is 18.3. The Kier molecular flexibility index (Phi) is 24.8. The van der Waals surface area contributed by atoms with Crippen LogP contribution in [0.3, 0.4) is 0 Å². The molecule has 10 aromatic carbocycles. The average molecular weight is 1750 g/mol. The molecule has 5 atom stereocenters. The number of amides is 1. The van der Waals surface area contributed by atoms with E-state index in [1.807, 2.05) is 127 Å². The van der Waals surface area contributed by atoms with Gasteiger partial charge in [-0.25, -0.2) is 0 Å². The maximum atomic E-state index is 12.6. The van der Waals surface area contributed by atoms with Crippen LogP contribution in [0.25, 0.3) is 0 Å². The number of hydrogen-bond acceptors (Lipinski definition) is 22. The maximum absolute atomic E-state index is 12.6. The summed E-state index contributed by atoms with van der Waals surface area (Å²) in [5.74, 6) is 13.0. The lowest BCUT2D eigenvalue weighted by molar-refractivity contribution is -0.121. The molecular formula is C105H107N3O19S. The quantitative estimate of drug-likeness (QED) is 0.0836. The molecule has 0 aromatic heterocycles. The topological polar surface area (TPSA) is 225 Å². The first-order valence-electron chi connectivity index (χ1n) is 45.1. The molecule has 1 N–H and O–H groups in total. The molecule has 0 spiro atoms. The van der Waals surface area contributed by atoms with E-state index in [-0.39, 0.29) is 86.2 Å². The fraction of sp³-hybridized carbons (Fsp3) is 0.381. The molecule has 6 aliphatic heterocycles. The van der Waals surface area contributed by atoms with Crippen LogP contribution in [0.1, 0.15) is 217 Å². The van der Waals surface area contributed by atoms with E-state index >= 15 is 0 Å². The van der Waals surface area contributed by atoms with Crippen LogP contribution in [0.15, 0.2) is 170 Å². The molecule has 23 rings (SSSR count). The van der Waals surface area contributed by atoms with Gasteiger partial charge in [-0.05, 0) is 236 Å². The van der Waals surface area contributed by atoms with Gasteiger partial charge >= 0.3 is 0 Å². The van der Waals surface area contributed by atoms with Crippen LogP contribution in [0, 0.1) is 0 Å². The summed E-state index contributed by atoms with van der Waals surface area (Å²) in [6.07, 6.45) is 17.4. The average Bonchev–Trinajstić information content (AvgIpc) is 1.29. The summed E-state index contributed by atoms with van der Waals surface area (Å²) in [5, 5.41) is 3.06. The van der Waals surface area contributed by atoms with Gasteiger partial charge in [-0.2, -0.15) is 0 Å². The molecule has 13 aliphatic rings. The molecule has 128 heavy (non-hydrogen) atoms. The summed E-state index contributed by atoms with van der Waals surface area (Å²) in [7, 11) is 8.12. The molecular weight excluding hydrogens is 1640 g/mol. The molecule has 662 valence electrons. The second-order valence-electron chi connectivity index (χ2n) is 35.2. The van der Waals surface area contributed by atoms with E-state index in [2.05, 4.69) is 100 Å². The standard InChI is InChI=1S/C24H27NO4.C22H23NO4.C22H22O4.C19H18O3S.C18H17NO4/c1-25(2)16-7-8-19(22(11-16)29-18-5-3-4-6-18)21-12-17(26)9-15-10-23-24(13-20(15)21)28-14-27-23;1-23(2)14-3-6-17(20(9-14)27-16-4-5-16)19-10-15(24)7-13-8-21-22(11-18(13)19)26-12-25-21;23-15-9-14-10-21-22(25-13-24-21)12-18(14)19(11-15)17-7-3-4-8-20(17)26-16-5-1-2-6-16;1-2-20-17-6-4-3-5-14(17)16-9-13(23)7-12-8-18-19(10-15(12)16)22-11-21-18;1-2-21-14-6-4-3-5-12(14)18-13-9-16-15(22-10-23-16)7-11(13)8-17(20)19-18/h7-8,10-11,13,18,21H,3-6,9,12,14H2,1-2H3;3,6,8-9,11,16,19H,4-5,7,10,12H2,1-2H3;3-4,7-8,10,12,16,19H,1-2,5-6,9,11,13H2;3-6,8,10,16H,2,7,9,11H2,1H3;3-7,9,18H,2,8,10H2,1H3,(H,19,20). The number of Topliss-reactive ketones (excluding diaryl/α,β-unsaturated/α-hetero) is 3. The van der Waals surface area contributed by atoms with Crippen LogP contribution in [0.5, 0.6) is 86.2 Å². The fourth-order valence-electron chi connectivity index (χ4n) is 19.7. The number of ether oxygens (including phenoxy) is 15. The van der Waals surface area contributed by atoms with Gasteiger partial charge in [0.2, 0.25) is 39.9 Å². The Morgan fingerprint density at radius 3 is 1.01 bits per heavy atom. The minimum Gasteiger partial charge on any atom is -0.494 e. The highest BCUT2D eigenvalue weighted by Crippen LogP contribution is 2.53. The number of benzene rings is 10. The minimum atomic E-state index is -0.247. The molecule has 23 heteroatoms. The molecule has 0 bridgehead atoms.